The molecule has 2 aromatic carbocycles. The number of rotatable bonds is 3. The Morgan fingerprint density at radius 3 is 2.21 bits per heavy atom. The van der Waals surface area contributed by atoms with E-state index in [9.17, 15) is 0 Å². The number of halogens is 1. The Balaban J connectivity index is 1.92. The molecule has 24 heavy (non-hydrogen) atoms. The molecule has 0 amide bonds. The quantitative estimate of drug-likeness (QED) is 0.397. The lowest BCUT2D eigenvalue weighted by atomic mass is 10.0. The van der Waals surface area contributed by atoms with Crippen LogP contribution in [0.1, 0.15) is 0 Å². The second-order valence-corrected chi connectivity index (χ2v) is 6.86. The summed E-state index contributed by atoms with van der Waals surface area (Å²) in [5.41, 5.74) is 5.28. The van der Waals surface area contributed by atoms with E-state index >= 15 is 0 Å². The van der Waals surface area contributed by atoms with Crippen molar-refractivity contribution in [1.82, 2.24) is 4.98 Å². The number of pyridine rings is 1. The predicted octanol–water partition coefficient (Wildman–Crippen LogP) is 6.80. The molecule has 0 aliphatic heterocycles. The zero-order valence-corrected chi connectivity index (χ0v) is 14.4. The van der Waals surface area contributed by atoms with Gasteiger partial charge in [0.1, 0.15) is 0 Å². The lowest BCUT2D eigenvalue weighted by molar-refractivity contribution is 1.33. The number of hydrogen-bond acceptors (Lipinski definition) is 2. The van der Waals surface area contributed by atoms with Gasteiger partial charge < -0.3 is 0 Å². The first-order valence-electron chi connectivity index (χ1n) is 7.67. The van der Waals surface area contributed by atoms with Crippen LogP contribution in [0.4, 0.5) is 0 Å². The van der Waals surface area contributed by atoms with Gasteiger partial charge >= 0.3 is 0 Å². The van der Waals surface area contributed by atoms with E-state index in [1.165, 1.54) is 0 Å². The molecule has 0 saturated heterocycles. The molecule has 0 unspecified atom stereocenters. The molecule has 4 rings (SSSR count). The predicted molar refractivity (Wildman–Crippen MR) is 103 cm³/mol. The standard InChI is InChI=1S/C21H14ClNS/c22-18-9-4-8-16(12-18)17-13-19(15-6-2-1-3-7-15)23-20(14-17)21-10-5-11-24-21/h1-14H. The molecule has 0 N–H and O–H groups in total. The zero-order chi connectivity index (χ0) is 16.4. The molecule has 1 nitrogen and oxygen atoms in total. The van der Waals surface area contributed by atoms with Gasteiger partial charge in [0.2, 0.25) is 0 Å². The van der Waals surface area contributed by atoms with Crippen molar-refractivity contribution in [3.8, 4) is 33.0 Å². The highest BCUT2D eigenvalue weighted by Crippen LogP contribution is 2.32. The molecule has 0 aliphatic carbocycles. The highest BCUT2D eigenvalue weighted by Gasteiger charge is 2.09. The summed E-state index contributed by atoms with van der Waals surface area (Å²) in [6.07, 6.45) is 0. The minimum Gasteiger partial charge on any atom is -0.247 e. The lowest BCUT2D eigenvalue weighted by Gasteiger charge is -2.09. The van der Waals surface area contributed by atoms with Crippen molar-refractivity contribution in [2.45, 2.75) is 0 Å². The number of benzene rings is 2. The molecule has 0 bridgehead atoms. The maximum absolute atomic E-state index is 6.18. The van der Waals surface area contributed by atoms with Gasteiger partial charge in [0.15, 0.2) is 0 Å². The third kappa shape index (κ3) is 3.12. The highest BCUT2D eigenvalue weighted by atomic mass is 35.5. The van der Waals surface area contributed by atoms with E-state index in [0.717, 1.165) is 38.0 Å². The topological polar surface area (TPSA) is 12.9 Å². The van der Waals surface area contributed by atoms with Crippen molar-refractivity contribution < 1.29 is 0 Å². The van der Waals surface area contributed by atoms with E-state index in [2.05, 4.69) is 47.8 Å². The molecule has 0 radical (unpaired) electrons. The fourth-order valence-corrected chi connectivity index (χ4v) is 3.55. The Bertz CT molecular complexity index is 962. The summed E-state index contributed by atoms with van der Waals surface area (Å²) in [4.78, 5) is 6.03. The third-order valence-electron chi connectivity index (χ3n) is 3.83. The van der Waals surface area contributed by atoms with E-state index < -0.39 is 0 Å². The average molecular weight is 348 g/mol. The maximum Gasteiger partial charge on any atom is 0.0815 e. The van der Waals surface area contributed by atoms with Crippen molar-refractivity contribution in [2.75, 3.05) is 0 Å². The Hall–Kier alpha value is -2.42. The minimum atomic E-state index is 0.739. The second-order valence-electron chi connectivity index (χ2n) is 5.48. The molecule has 0 spiro atoms. The SMILES string of the molecule is Clc1cccc(-c2cc(-c3ccccc3)nc(-c3cccs3)c2)c1. The van der Waals surface area contributed by atoms with E-state index in [4.69, 9.17) is 16.6 Å². The third-order valence-corrected chi connectivity index (χ3v) is 4.95. The first kappa shape index (κ1) is 15.1. The zero-order valence-electron chi connectivity index (χ0n) is 12.8. The fourth-order valence-electron chi connectivity index (χ4n) is 2.67. The van der Waals surface area contributed by atoms with Gasteiger partial charge in [-0.1, -0.05) is 60.1 Å². The Morgan fingerprint density at radius 1 is 0.667 bits per heavy atom. The van der Waals surface area contributed by atoms with Crippen LogP contribution in [0, 0.1) is 0 Å². The molecule has 2 heterocycles. The smallest absolute Gasteiger partial charge is 0.0815 e. The van der Waals surface area contributed by atoms with Gasteiger partial charge in [-0.15, -0.1) is 11.3 Å². The summed E-state index contributed by atoms with van der Waals surface area (Å²) in [5, 5.41) is 2.81. The first-order valence-corrected chi connectivity index (χ1v) is 8.93. The van der Waals surface area contributed by atoms with Crippen LogP contribution in [0.15, 0.2) is 84.2 Å². The monoisotopic (exact) mass is 347 g/mol. The molecule has 0 saturated carbocycles. The van der Waals surface area contributed by atoms with Crippen molar-refractivity contribution in [3.05, 3.63) is 89.3 Å². The van der Waals surface area contributed by atoms with Crippen LogP contribution in [0.2, 0.25) is 5.02 Å². The average Bonchev–Trinajstić information content (AvgIpc) is 3.17. The first-order chi connectivity index (χ1) is 11.8. The fraction of sp³-hybridized carbons (Fsp3) is 0. The minimum absolute atomic E-state index is 0.739. The molecule has 116 valence electrons. The highest BCUT2D eigenvalue weighted by molar-refractivity contribution is 7.13. The Labute approximate surface area is 150 Å². The van der Waals surface area contributed by atoms with Gasteiger partial charge in [0.25, 0.3) is 0 Å². The van der Waals surface area contributed by atoms with Gasteiger partial charge in [0, 0.05) is 10.6 Å². The Kier molecular flexibility index (Phi) is 4.16. The van der Waals surface area contributed by atoms with Crippen molar-refractivity contribution >= 4 is 22.9 Å². The number of aromatic nitrogens is 1. The van der Waals surface area contributed by atoms with Gasteiger partial charge in [-0.25, -0.2) is 4.98 Å². The summed E-state index contributed by atoms with van der Waals surface area (Å²) < 4.78 is 0. The van der Waals surface area contributed by atoms with Gasteiger partial charge in [0.05, 0.1) is 16.3 Å². The van der Waals surface area contributed by atoms with Crippen LogP contribution in [0.25, 0.3) is 33.0 Å². The van der Waals surface area contributed by atoms with Crippen molar-refractivity contribution in [3.63, 3.8) is 0 Å². The van der Waals surface area contributed by atoms with Crippen molar-refractivity contribution in [2.24, 2.45) is 0 Å². The largest absolute Gasteiger partial charge is 0.247 e. The molecular weight excluding hydrogens is 334 g/mol. The number of nitrogens with zero attached hydrogens (tertiary/aromatic N) is 1. The summed E-state index contributed by atoms with van der Waals surface area (Å²) in [6.45, 7) is 0. The van der Waals surface area contributed by atoms with Crippen molar-refractivity contribution in [1.29, 1.82) is 0 Å². The van der Waals surface area contributed by atoms with Gasteiger partial charge in [-0.3, -0.25) is 0 Å². The molecule has 0 aliphatic rings. The van der Waals surface area contributed by atoms with E-state index in [1.54, 1.807) is 11.3 Å². The van der Waals surface area contributed by atoms with Crippen LogP contribution in [0.5, 0.6) is 0 Å². The maximum atomic E-state index is 6.18. The van der Waals surface area contributed by atoms with Crippen LogP contribution in [-0.4, -0.2) is 4.98 Å². The summed E-state index contributed by atoms with van der Waals surface area (Å²) in [6, 6.07) is 26.6. The van der Waals surface area contributed by atoms with Gasteiger partial charge in [-0.2, -0.15) is 0 Å². The summed E-state index contributed by atoms with van der Waals surface area (Å²) in [7, 11) is 0. The molecule has 4 aromatic rings. The van der Waals surface area contributed by atoms with Crippen LogP contribution < -0.4 is 0 Å². The van der Waals surface area contributed by atoms with Crippen LogP contribution in [-0.2, 0) is 0 Å². The Morgan fingerprint density at radius 2 is 1.46 bits per heavy atom. The lowest BCUT2D eigenvalue weighted by Crippen LogP contribution is -1.89. The van der Waals surface area contributed by atoms with E-state index in [-0.39, 0.29) is 0 Å². The number of thiophene rings is 1. The molecule has 2 aromatic heterocycles. The second kappa shape index (κ2) is 6.60. The number of hydrogen-bond donors (Lipinski definition) is 0. The van der Waals surface area contributed by atoms with Crippen LogP contribution >= 0.6 is 22.9 Å². The molecule has 0 atom stereocenters. The van der Waals surface area contributed by atoms with Crippen LogP contribution in [0.3, 0.4) is 0 Å². The molecule has 0 fully saturated rings. The summed E-state index contributed by atoms with van der Waals surface area (Å²) in [5.74, 6) is 0. The van der Waals surface area contributed by atoms with E-state index in [1.807, 2.05) is 36.4 Å². The van der Waals surface area contributed by atoms with E-state index in [0.29, 0.717) is 0 Å². The molecular formula is C21H14ClNS. The summed E-state index contributed by atoms with van der Waals surface area (Å²) >= 11 is 7.88. The van der Waals surface area contributed by atoms with Gasteiger partial charge in [-0.05, 0) is 46.8 Å². The normalized spacial score (nSPS) is 10.7. The molecule has 3 heteroatoms.